The van der Waals surface area contributed by atoms with Crippen molar-refractivity contribution in [2.75, 3.05) is 40.8 Å². The van der Waals surface area contributed by atoms with E-state index in [0.29, 0.717) is 12.5 Å². The van der Waals surface area contributed by atoms with Gasteiger partial charge in [0, 0.05) is 31.9 Å². The largest absolute Gasteiger partial charge is 0.497 e. The number of aryl methyl sites for hydroxylation is 1. The Morgan fingerprint density at radius 2 is 1.90 bits per heavy atom. The third-order valence-electron chi connectivity index (χ3n) is 5.05. The molecule has 0 fully saturated rings. The number of aliphatic imine (C=N–C) groups is 1. The van der Waals surface area contributed by atoms with Crippen LogP contribution in [0.15, 0.2) is 41.7 Å². The molecular formula is C22H37IN6O. The zero-order chi connectivity index (χ0) is 21.2. The van der Waals surface area contributed by atoms with Crippen LogP contribution in [0.1, 0.15) is 43.4 Å². The van der Waals surface area contributed by atoms with Crippen LogP contribution in [0.3, 0.4) is 0 Å². The van der Waals surface area contributed by atoms with E-state index in [2.05, 4.69) is 66.9 Å². The van der Waals surface area contributed by atoms with Crippen molar-refractivity contribution in [1.82, 2.24) is 25.3 Å². The van der Waals surface area contributed by atoms with Gasteiger partial charge < -0.3 is 20.3 Å². The number of nitrogens with one attached hydrogen (secondary N) is 2. The van der Waals surface area contributed by atoms with Crippen LogP contribution < -0.4 is 15.4 Å². The summed E-state index contributed by atoms with van der Waals surface area (Å²) in [5, 5.41) is 11.1. The standard InChI is InChI=1S/C22H36N6O.HI/c1-7-23-22(25-15-21(27(3)4)19-14-26-28(5)16-19)24-13-12-17(2)18-8-10-20(29-6)11-9-18;/h8-11,14,16-17,21H,7,12-13,15H2,1-6H3,(H2,23,24,25);1H. The molecule has 1 aromatic carbocycles. The Morgan fingerprint density at radius 3 is 2.43 bits per heavy atom. The monoisotopic (exact) mass is 528 g/mol. The first-order valence-corrected chi connectivity index (χ1v) is 10.3. The van der Waals surface area contributed by atoms with E-state index in [9.17, 15) is 0 Å². The highest BCUT2D eigenvalue weighted by molar-refractivity contribution is 14.0. The SMILES string of the molecule is CCNC(=NCC(c1cnn(C)c1)N(C)C)NCCC(C)c1ccc(OC)cc1.I. The van der Waals surface area contributed by atoms with E-state index in [1.54, 1.807) is 7.11 Å². The van der Waals surface area contributed by atoms with E-state index >= 15 is 0 Å². The zero-order valence-corrected chi connectivity index (χ0v) is 21.4. The quantitative estimate of drug-likeness (QED) is 0.281. The van der Waals surface area contributed by atoms with Crippen LogP contribution in [0.4, 0.5) is 0 Å². The van der Waals surface area contributed by atoms with Crippen LogP contribution in [0.25, 0.3) is 0 Å². The zero-order valence-electron chi connectivity index (χ0n) is 19.1. The number of hydrogen-bond acceptors (Lipinski definition) is 4. The Labute approximate surface area is 198 Å². The fraction of sp³-hybridized carbons (Fsp3) is 0.545. The molecule has 2 atom stereocenters. The third-order valence-corrected chi connectivity index (χ3v) is 5.05. The fourth-order valence-electron chi connectivity index (χ4n) is 3.20. The average molecular weight is 528 g/mol. The van der Waals surface area contributed by atoms with Crippen molar-refractivity contribution >= 4 is 29.9 Å². The molecule has 0 bridgehead atoms. The smallest absolute Gasteiger partial charge is 0.191 e. The van der Waals surface area contributed by atoms with Gasteiger partial charge in [0.1, 0.15) is 5.75 Å². The van der Waals surface area contributed by atoms with Crippen LogP contribution in [0.2, 0.25) is 0 Å². The second-order valence-corrected chi connectivity index (χ2v) is 7.54. The first-order valence-electron chi connectivity index (χ1n) is 10.3. The summed E-state index contributed by atoms with van der Waals surface area (Å²) in [5.74, 6) is 2.20. The van der Waals surface area contributed by atoms with Crippen LogP contribution >= 0.6 is 24.0 Å². The van der Waals surface area contributed by atoms with Crippen LogP contribution in [0, 0.1) is 0 Å². The van der Waals surface area contributed by atoms with Crippen LogP contribution in [-0.2, 0) is 7.05 Å². The number of guanidine groups is 1. The molecule has 7 nitrogen and oxygen atoms in total. The molecule has 2 unspecified atom stereocenters. The number of rotatable bonds is 10. The van der Waals surface area contributed by atoms with Gasteiger partial charge in [-0.15, -0.1) is 24.0 Å². The van der Waals surface area contributed by atoms with Crippen molar-refractivity contribution in [2.24, 2.45) is 12.0 Å². The maximum Gasteiger partial charge on any atom is 0.191 e. The highest BCUT2D eigenvalue weighted by Gasteiger charge is 2.16. The molecule has 0 saturated carbocycles. The van der Waals surface area contributed by atoms with E-state index in [0.717, 1.165) is 31.2 Å². The summed E-state index contributed by atoms with van der Waals surface area (Å²) < 4.78 is 7.07. The molecule has 0 aliphatic carbocycles. The predicted molar refractivity (Wildman–Crippen MR) is 135 cm³/mol. The summed E-state index contributed by atoms with van der Waals surface area (Å²) in [6.45, 7) is 6.69. The van der Waals surface area contributed by atoms with E-state index < -0.39 is 0 Å². The van der Waals surface area contributed by atoms with Gasteiger partial charge in [-0.1, -0.05) is 19.1 Å². The van der Waals surface area contributed by atoms with Crippen LogP contribution in [-0.4, -0.2) is 61.5 Å². The molecule has 0 amide bonds. The number of hydrogen-bond donors (Lipinski definition) is 2. The maximum absolute atomic E-state index is 5.24. The fourth-order valence-corrected chi connectivity index (χ4v) is 3.20. The van der Waals surface area contributed by atoms with Crippen molar-refractivity contribution in [3.05, 3.63) is 47.8 Å². The van der Waals surface area contributed by atoms with Gasteiger partial charge in [0.25, 0.3) is 0 Å². The topological polar surface area (TPSA) is 66.7 Å². The Morgan fingerprint density at radius 1 is 1.20 bits per heavy atom. The number of aromatic nitrogens is 2. The maximum atomic E-state index is 5.24. The van der Waals surface area contributed by atoms with Gasteiger partial charge in [0.15, 0.2) is 5.96 Å². The molecule has 8 heteroatoms. The highest BCUT2D eigenvalue weighted by Crippen LogP contribution is 2.21. The number of halogens is 1. The van der Waals surface area contributed by atoms with Gasteiger partial charge in [-0.2, -0.15) is 5.10 Å². The van der Waals surface area contributed by atoms with E-state index in [-0.39, 0.29) is 30.0 Å². The third kappa shape index (κ3) is 8.14. The molecule has 0 aliphatic rings. The second-order valence-electron chi connectivity index (χ2n) is 7.54. The summed E-state index contributed by atoms with van der Waals surface area (Å²) in [7, 11) is 7.78. The molecule has 2 N–H and O–H groups in total. The minimum atomic E-state index is 0. The summed E-state index contributed by atoms with van der Waals surface area (Å²) in [5.41, 5.74) is 2.49. The van der Waals surface area contributed by atoms with E-state index in [1.165, 1.54) is 11.1 Å². The van der Waals surface area contributed by atoms with E-state index in [4.69, 9.17) is 9.73 Å². The summed E-state index contributed by atoms with van der Waals surface area (Å²) in [6.07, 6.45) is 4.99. The second kappa shape index (κ2) is 13.5. The lowest BCUT2D eigenvalue weighted by Gasteiger charge is -2.22. The van der Waals surface area contributed by atoms with Crippen molar-refractivity contribution in [3.8, 4) is 5.75 Å². The molecule has 30 heavy (non-hydrogen) atoms. The Balaban J connectivity index is 0.00000450. The molecular weight excluding hydrogens is 491 g/mol. The Bertz CT molecular complexity index is 759. The summed E-state index contributed by atoms with van der Waals surface area (Å²) in [6, 6.07) is 8.50. The molecule has 0 spiro atoms. The van der Waals surface area contributed by atoms with E-state index in [1.807, 2.05) is 30.1 Å². The van der Waals surface area contributed by atoms with Gasteiger partial charge in [-0.3, -0.25) is 9.67 Å². The average Bonchev–Trinajstić information content (AvgIpc) is 3.13. The first kappa shape index (κ1) is 26.2. The first-order chi connectivity index (χ1) is 13.9. The highest BCUT2D eigenvalue weighted by atomic mass is 127. The van der Waals surface area contributed by atoms with Gasteiger partial charge in [0.05, 0.1) is 25.9 Å². The number of likely N-dealkylation sites (N-methyl/N-ethyl adjacent to an activating group) is 1. The van der Waals surface area contributed by atoms with Crippen molar-refractivity contribution in [3.63, 3.8) is 0 Å². The van der Waals surface area contributed by atoms with Gasteiger partial charge >= 0.3 is 0 Å². The molecule has 168 valence electrons. The van der Waals surface area contributed by atoms with Crippen molar-refractivity contribution in [2.45, 2.75) is 32.2 Å². The van der Waals surface area contributed by atoms with Crippen molar-refractivity contribution < 1.29 is 4.74 Å². The predicted octanol–water partition coefficient (Wildman–Crippen LogP) is 3.40. The molecule has 2 aromatic rings. The molecule has 1 heterocycles. The summed E-state index contributed by atoms with van der Waals surface area (Å²) >= 11 is 0. The van der Waals surface area contributed by atoms with Gasteiger partial charge in [0.2, 0.25) is 0 Å². The molecule has 0 saturated heterocycles. The lowest BCUT2D eigenvalue weighted by atomic mass is 9.98. The molecule has 0 radical (unpaired) electrons. The number of methoxy groups -OCH3 is 1. The number of nitrogens with zero attached hydrogens (tertiary/aromatic N) is 4. The minimum Gasteiger partial charge on any atom is -0.497 e. The molecule has 0 aliphatic heterocycles. The number of benzene rings is 1. The van der Waals surface area contributed by atoms with Crippen LogP contribution in [0.5, 0.6) is 5.75 Å². The Kier molecular flexibility index (Phi) is 11.8. The normalized spacial score (nSPS) is 13.5. The summed E-state index contributed by atoms with van der Waals surface area (Å²) in [4.78, 5) is 6.99. The van der Waals surface area contributed by atoms with Crippen molar-refractivity contribution in [1.29, 1.82) is 0 Å². The minimum absolute atomic E-state index is 0. The lowest BCUT2D eigenvalue weighted by molar-refractivity contribution is 0.306. The van der Waals surface area contributed by atoms with Gasteiger partial charge in [-0.05, 0) is 51.1 Å². The molecule has 1 aromatic heterocycles. The lowest BCUT2D eigenvalue weighted by Crippen LogP contribution is -2.38. The molecule has 2 rings (SSSR count). The Hall–Kier alpha value is -1.81. The number of ether oxygens (including phenoxy) is 1. The van der Waals surface area contributed by atoms with Gasteiger partial charge in [-0.25, -0.2) is 0 Å².